The van der Waals surface area contributed by atoms with Gasteiger partial charge in [0.05, 0.1) is 0 Å². The highest BCUT2D eigenvalue weighted by molar-refractivity contribution is 5.83. The highest BCUT2D eigenvalue weighted by atomic mass is 16.5. The van der Waals surface area contributed by atoms with E-state index in [-0.39, 0.29) is 12.0 Å². The van der Waals surface area contributed by atoms with E-state index < -0.39 is 0 Å². The molecule has 21 heavy (non-hydrogen) atoms. The third-order valence-corrected chi connectivity index (χ3v) is 5.09. The summed E-state index contributed by atoms with van der Waals surface area (Å²) in [5, 5.41) is 0. The number of rotatable bonds is 3. The molecule has 1 heterocycles. The zero-order chi connectivity index (χ0) is 14.2. The van der Waals surface area contributed by atoms with Gasteiger partial charge in [0, 0.05) is 18.5 Å². The van der Waals surface area contributed by atoms with Crippen LogP contribution in [0, 0.1) is 0 Å². The van der Waals surface area contributed by atoms with Crippen molar-refractivity contribution >= 4 is 5.91 Å². The maximum Gasteiger partial charge on any atom is 0.264 e. The predicted molar refractivity (Wildman–Crippen MR) is 81.3 cm³/mol. The van der Waals surface area contributed by atoms with Crippen LogP contribution in [0.25, 0.3) is 0 Å². The molecule has 1 aliphatic heterocycles. The van der Waals surface area contributed by atoms with E-state index in [0.717, 1.165) is 12.2 Å². The van der Waals surface area contributed by atoms with Gasteiger partial charge in [0.25, 0.3) is 5.91 Å². The smallest absolute Gasteiger partial charge is 0.264 e. The van der Waals surface area contributed by atoms with Gasteiger partial charge >= 0.3 is 0 Å². The van der Waals surface area contributed by atoms with E-state index in [9.17, 15) is 4.79 Å². The lowest BCUT2D eigenvalue weighted by atomic mass is 9.93. The van der Waals surface area contributed by atoms with Crippen LogP contribution in [0.5, 0.6) is 5.75 Å². The number of nitrogens with zero attached hydrogens (tertiary/aromatic N) is 1. The van der Waals surface area contributed by atoms with Gasteiger partial charge in [-0.25, -0.2) is 0 Å². The number of hydrogen-bond acceptors (Lipinski definition) is 2. The Bertz CT molecular complexity index is 507. The minimum atomic E-state index is -0.287. The van der Waals surface area contributed by atoms with Crippen molar-refractivity contribution in [3.63, 3.8) is 0 Å². The second kappa shape index (κ2) is 5.36. The molecule has 0 aromatic heterocycles. The molecular formula is C18H23NO2. The van der Waals surface area contributed by atoms with Crippen LogP contribution < -0.4 is 4.74 Å². The Morgan fingerprint density at radius 2 is 1.71 bits per heavy atom. The van der Waals surface area contributed by atoms with Crippen LogP contribution in [0.15, 0.2) is 24.3 Å². The second-order valence-electron chi connectivity index (χ2n) is 6.69. The van der Waals surface area contributed by atoms with Crippen LogP contribution in [-0.2, 0) is 11.2 Å². The number of carbonyl (C=O) groups excluding carboxylic acids is 1. The van der Waals surface area contributed by atoms with Gasteiger partial charge < -0.3 is 9.64 Å². The van der Waals surface area contributed by atoms with Crippen molar-refractivity contribution in [1.29, 1.82) is 0 Å². The van der Waals surface area contributed by atoms with E-state index >= 15 is 0 Å². The molecule has 4 rings (SSSR count). The highest BCUT2D eigenvalue weighted by Gasteiger charge is 2.42. The molecule has 1 atom stereocenters. The van der Waals surface area contributed by atoms with Crippen molar-refractivity contribution in [1.82, 2.24) is 4.90 Å². The lowest BCUT2D eigenvalue weighted by Crippen LogP contribution is -2.49. The molecule has 1 aromatic carbocycles. The quantitative estimate of drug-likeness (QED) is 0.852. The monoisotopic (exact) mass is 285 g/mol. The third kappa shape index (κ3) is 2.54. The number of amides is 1. The summed E-state index contributed by atoms with van der Waals surface area (Å²) >= 11 is 0. The Labute approximate surface area is 126 Å². The topological polar surface area (TPSA) is 29.5 Å². The third-order valence-electron chi connectivity index (χ3n) is 5.09. The molecule has 0 bridgehead atoms. The number of para-hydroxylation sites is 1. The van der Waals surface area contributed by atoms with Crippen LogP contribution in [0.4, 0.5) is 0 Å². The van der Waals surface area contributed by atoms with Crippen molar-refractivity contribution in [3.8, 4) is 5.75 Å². The van der Waals surface area contributed by atoms with Gasteiger partial charge in [0.2, 0.25) is 0 Å². The minimum Gasteiger partial charge on any atom is -0.480 e. The lowest BCUT2D eigenvalue weighted by molar-refractivity contribution is -0.141. The number of hydrogen-bond donors (Lipinski definition) is 0. The summed E-state index contributed by atoms with van der Waals surface area (Å²) in [4.78, 5) is 15.2. The van der Waals surface area contributed by atoms with Crippen molar-refractivity contribution in [2.45, 2.75) is 69.6 Å². The van der Waals surface area contributed by atoms with E-state index in [4.69, 9.17) is 4.74 Å². The first-order valence-electron chi connectivity index (χ1n) is 8.39. The van der Waals surface area contributed by atoms with Crippen molar-refractivity contribution in [2.75, 3.05) is 0 Å². The fraction of sp³-hybridized carbons (Fsp3) is 0.611. The zero-order valence-electron chi connectivity index (χ0n) is 12.5. The summed E-state index contributed by atoms with van der Waals surface area (Å²) in [5.74, 6) is 1.14. The number of carbonyl (C=O) groups is 1. The molecule has 112 valence electrons. The average molecular weight is 285 g/mol. The van der Waals surface area contributed by atoms with Crippen LogP contribution in [0.1, 0.15) is 50.5 Å². The van der Waals surface area contributed by atoms with Gasteiger partial charge in [-0.3, -0.25) is 4.79 Å². The fourth-order valence-corrected chi connectivity index (χ4v) is 3.86. The van der Waals surface area contributed by atoms with Gasteiger partial charge in [0.1, 0.15) is 5.75 Å². The molecule has 1 amide bonds. The van der Waals surface area contributed by atoms with Gasteiger partial charge in [-0.1, -0.05) is 37.5 Å². The van der Waals surface area contributed by atoms with E-state index in [2.05, 4.69) is 11.0 Å². The standard InChI is InChI=1S/C18H23NO2/c20-18(17-12-13-6-4-5-9-16(13)21-17)19(15-10-11-15)14-7-2-1-3-8-14/h4-6,9,14-15,17H,1-3,7-8,10-12H2/t17-/m0/s1. The highest BCUT2D eigenvalue weighted by Crippen LogP contribution is 2.36. The van der Waals surface area contributed by atoms with Crippen molar-refractivity contribution in [3.05, 3.63) is 29.8 Å². The molecule has 3 nitrogen and oxygen atoms in total. The molecule has 1 aromatic rings. The Morgan fingerprint density at radius 1 is 1.00 bits per heavy atom. The molecular weight excluding hydrogens is 262 g/mol. The lowest BCUT2D eigenvalue weighted by Gasteiger charge is -2.36. The van der Waals surface area contributed by atoms with Gasteiger partial charge in [-0.05, 0) is 37.3 Å². The normalized spacial score (nSPS) is 25.2. The van der Waals surface area contributed by atoms with Crippen molar-refractivity contribution in [2.24, 2.45) is 0 Å². The summed E-state index contributed by atoms with van der Waals surface area (Å²) < 4.78 is 5.93. The van der Waals surface area contributed by atoms with E-state index in [0.29, 0.717) is 12.1 Å². The van der Waals surface area contributed by atoms with Gasteiger partial charge in [-0.2, -0.15) is 0 Å². The predicted octanol–water partition coefficient (Wildman–Crippen LogP) is 3.31. The van der Waals surface area contributed by atoms with Crippen LogP contribution in [0.3, 0.4) is 0 Å². The largest absolute Gasteiger partial charge is 0.480 e. The zero-order valence-corrected chi connectivity index (χ0v) is 12.5. The summed E-state index contributed by atoms with van der Waals surface area (Å²) in [6, 6.07) is 9.01. The molecule has 0 unspecified atom stereocenters. The summed E-state index contributed by atoms with van der Waals surface area (Å²) in [7, 11) is 0. The Hall–Kier alpha value is -1.51. The molecule has 3 heteroatoms. The first-order chi connectivity index (χ1) is 10.3. The van der Waals surface area contributed by atoms with E-state index in [1.165, 1.54) is 50.5 Å². The van der Waals surface area contributed by atoms with E-state index in [1.54, 1.807) is 0 Å². The van der Waals surface area contributed by atoms with Crippen LogP contribution >= 0.6 is 0 Å². The van der Waals surface area contributed by atoms with Gasteiger partial charge in [0.15, 0.2) is 6.10 Å². The Balaban J connectivity index is 1.50. The summed E-state index contributed by atoms with van der Waals surface area (Å²) in [5.41, 5.74) is 1.18. The summed E-state index contributed by atoms with van der Waals surface area (Å²) in [6.07, 6.45) is 9.05. The molecule has 0 N–H and O–H groups in total. The fourth-order valence-electron chi connectivity index (χ4n) is 3.86. The number of ether oxygens (including phenoxy) is 1. The molecule has 0 radical (unpaired) electrons. The molecule has 3 aliphatic rings. The molecule has 2 aliphatic carbocycles. The summed E-state index contributed by atoms with van der Waals surface area (Å²) in [6.45, 7) is 0. The average Bonchev–Trinajstić information content (AvgIpc) is 3.25. The van der Waals surface area contributed by atoms with Crippen LogP contribution in [-0.4, -0.2) is 29.0 Å². The van der Waals surface area contributed by atoms with Crippen LogP contribution in [0.2, 0.25) is 0 Å². The first kappa shape index (κ1) is 13.2. The molecule has 0 saturated heterocycles. The minimum absolute atomic E-state index is 0.237. The maximum atomic E-state index is 13.0. The SMILES string of the molecule is O=C([C@@H]1Cc2ccccc2O1)N(C1CCCCC1)C1CC1. The molecule has 0 spiro atoms. The Morgan fingerprint density at radius 3 is 2.43 bits per heavy atom. The maximum absolute atomic E-state index is 13.0. The van der Waals surface area contributed by atoms with E-state index in [1.807, 2.05) is 18.2 Å². The Kier molecular flexibility index (Phi) is 3.36. The second-order valence-corrected chi connectivity index (χ2v) is 6.69. The molecule has 2 saturated carbocycles. The van der Waals surface area contributed by atoms with Gasteiger partial charge in [-0.15, -0.1) is 0 Å². The number of fused-ring (bicyclic) bond motifs is 1. The first-order valence-corrected chi connectivity index (χ1v) is 8.39. The molecule has 2 fully saturated rings. The number of benzene rings is 1. The van der Waals surface area contributed by atoms with Crippen molar-refractivity contribution < 1.29 is 9.53 Å².